The van der Waals surface area contributed by atoms with Gasteiger partial charge in [0, 0.05) is 11.9 Å². The van der Waals surface area contributed by atoms with Gasteiger partial charge in [0.25, 0.3) is 0 Å². The van der Waals surface area contributed by atoms with Crippen LogP contribution < -0.4 is 5.32 Å². The number of carbonyl (C=O) groups is 2. The van der Waals surface area contributed by atoms with Crippen molar-refractivity contribution in [3.63, 3.8) is 0 Å². The van der Waals surface area contributed by atoms with Gasteiger partial charge in [-0.05, 0) is 42.9 Å². The first kappa shape index (κ1) is 22.6. The lowest BCUT2D eigenvalue weighted by Crippen LogP contribution is -2.17. The normalized spacial score (nSPS) is 11.2. The minimum Gasteiger partial charge on any atom is -0.468 e. The number of hydrogen-bond acceptors (Lipinski definition) is 7. The number of nitrogens with one attached hydrogen (secondary N) is 1. The zero-order valence-electron chi connectivity index (χ0n) is 18.1. The van der Waals surface area contributed by atoms with Gasteiger partial charge in [-0.15, -0.1) is 11.3 Å². The Balaban J connectivity index is 1.57. The fraction of sp³-hybridized carbons (Fsp3) is 0.208. The number of amides is 1. The van der Waals surface area contributed by atoms with Gasteiger partial charge in [-0.3, -0.25) is 9.69 Å². The topological polar surface area (TPSA) is 84.7 Å². The van der Waals surface area contributed by atoms with E-state index in [0.717, 1.165) is 22.8 Å². The van der Waals surface area contributed by atoms with Crippen molar-refractivity contribution in [1.29, 1.82) is 0 Å². The number of hydrogen-bond donors (Lipinski definition) is 1. The predicted octanol–water partition coefficient (Wildman–Crippen LogP) is 4.63. The Bertz CT molecular complexity index is 1290. The summed E-state index contributed by atoms with van der Waals surface area (Å²) in [6.07, 6.45) is 1.48. The molecule has 170 valence electrons. The van der Waals surface area contributed by atoms with Crippen LogP contribution in [0, 0.1) is 5.82 Å². The fourth-order valence-electron chi connectivity index (χ4n) is 3.46. The van der Waals surface area contributed by atoms with E-state index in [1.807, 2.05) is 31.3 Å². The van der Waals surface area contributed by atoms with Crippen molar-refractivity contribution in [1.82, 2.24) is 9.88 Å². The lowest BCUT2D eigenvalue weighted by molar-refractivity contribution is -0.115. The summed E-state index contributed by atoms with van der Waals surface area (Å²) in [4.78, 5) is 32.6. The second kappa shape index (κ2) is 9.93. The predicted molar refractivity (Wildman–Crippen MR) is 124 cm³/mol. The van der Waals surface area contributed by atoms with E-state index >= 15 is 0 Å². The van der Waals surface area contributed by atoms with Gasteiger partial charge < -0.3 is 14.5 Å². The summed E-state index contributed by atoms with van der Waals surface area (Å²) < 4.78 is 24.2. The molecule has 33 heavy (non-hydrogen) atoms. The largest absolute Gasteiger partial charge is 0.468 e. The van der Waals surface area contributed by atoms with Crippen LogP contribution in [0.4, 0.5) is 10.1 Å². The van der Waals surface area contributed by atoms with Crippen molar-refractivity contribution in [3.8, 4) is 0 Å². The van der Waals surface area contributed by atoms with E-state index in [0.29, 0.717) is 29.0 Å². The molecule has 3 heterocycles. The third-order valence-electron chi connectivity index (χ3n) is 4.99. The minimum atomic E-state index is -0.573. The number of carbonyl (C=O) groups excluding carboxylic acids is 2. The van der Waals surface area contributed by atoms with E-state index in [9.17, 15) is 14.0 Å². The molecule has 0 aliphatic rings. The van der Waals surface area contributed by atoms with Gasteiger partial charge in [0.1, 0.15) is 21.3 Å². The molecule has 1 amide bonds. The number of methoxy groups -OCH3 is 1. The number of nitrogens with zero attached hydrogens (tertiary/aromatic N) is 2. The van der Waals surface area contributed by atoms with Crippen LogP contribution in [0.25, 0.3) is 10.2 Å². The average Bonchev–Trinajstić information content (AvgIpc) is 3.42. The number of esters is 1. The SMILES string of the molecule is COC(=O)c1sc2nc(CN(C)Cc3ccco3)ccc2c1NC(=O)Cc1ccccc1F. The number of fused-ring (bicyclic) bond motifs is 1. The molecule has 0 bridgehead atoms. The molecule has 0 aliphatic heterocycles. The Hall–Kier alpha value is -3.56. The highest BCUT2D eigenvalue weighted by atomic mass is 32.1. The van der Waals surface area contributed by atoms with Crippen LogP contribution in [0.3, 0.4) is 0 Å². The number of rotatable bonds is 8. The second-order valence-electron chi connectivity index (χ2n) is 7.52. The zero-order valence-corrected chi connectivity index (χ0v) is 18.9. The monoisotopic (exact) mass is 467 g/mol. The van der Waals surface area contributed by atoms with E-state index < -0.39 is 17.7 Å². The van der Waals surface area contributed by atoms with E-state index in [2.05, 4.69) is 15.2 Å². The van der Waals surface area contributed by atoms with Gasteiger partial charge in [-0.25, -0.2) is 14.2 Å². The fourth-order valence-corrected chi connectivity index (χ4v) is 4.53. The Morgan fingerprint density at radius 1 is 1.15 bits per heavy atom. The third kappa shape index (κ3) is 5.27. The van der Waals surface area contributed by atoms with Crippen molar-refractivity contribution in [3.05, 3.63) is 82.5 Å². The average molecular weight is 468 g/mol. The number of furan rings is 1. The summed E-state index contributed by atoms with van der Waals surface area (Å²) >= 11 is 1.14. The van der Waals surface area contributed by atoms with Crippen LogP contribution in [0.15, 0.2) is 59.2 Å². The Kier molecular flexibility index (Phi) is 6.81. The molecule has 0 radical (unpaired) electrons. The number of anilines is 1. The molecular weight excluding hydrogens is 445 g/mol. The highest BCUT2D eigenvalue weighted by molar-refractivity contribution is 7.21. The van der Waals surface area contributed by atoms with Gasteiger partial charge in [0.2, 0.25) is 5.91 Å². The summed E-state index contributed by atoms with van der Waals surface area (Å²) in [7, 11) is 3.23. The molecule has 1 aromatic carbocycles. The van der Waals surface area contributed by atoms with E-state index in [1.165, 1.54) is 13.2 Å². The first-order valence-corrected chi connectivity index (χ1v) is 11.0. The molecule has 0 aliphatic carbocycles. The number of pyridine rings is 1. The molecule has 3 aromatic heterocycles. The molecule has 9 heteroatoms. The first-order valence-electron chi connectivity index (χ1n) is 10.2. The van der Waals surface area contributed by atoms with Gasteiger partial charge >= 0.3 is 5.97 Å². The lowest BCUT2D eigenvalue weighted by atomic mass is 10.1. The van der Waals surface area contributed by atoms with Crippen LogP contribution in [-0.2, 0) is 29.0 Å². The molecule has 7 nitrogen and oxygen atoms in total. The molecule has 4 aromatic rings. The zero-order chi connectivity index (χ0) is 23.4. The number of halogens is 1. The second-order valence-corrected chi connectivity index (χ2v) is 8.52. The van der Waals surface area contributed by atoms with Crippen LogP contribution in [-0.4, -0.2) is 35.9 Å². The molecule has 0 saturated heterocycles. The highest BCUT2D eigenvalue weighted by Crippen LogP contribution is 2.35. The quantitative estimate of drug-likeness (QED) is 0.381. The van der Waals surface area contributed by atoms with Crippen molar-refractivity contribution < 1.29 is 23.1 Å². The van der Waals surface area contributed by atoms with E-state index in [4.69, 9.17) is 9.15 Å². The van der Waals surface area contributed by atoms with Crippen LogP contribution >= 0.6 is 11.3 Å². The van der Waals surface area contributed by atoms with Gasteiger partial charge in [0.15, 0.2) is 0 Å². The molecule has 0 saturated carbocycles. The van der Waals surface area contributed by atoms with E-state index in [-0.39, 0.29) is 16.9 Å². The van der Waals surface area contributed by atoms with Crippen LogP contribution in [0.1, 0.15) is 26.7 Å². The number of ether oxygens (including phenoxy) is 1. The molecule has 0 atom stereocenters. The van der Waals surface area contributed by atoms with Crippen molar-refractivity contribution >= 4 is 39.1 Å². The number of aromatic nitrogens is 1. The Labute approximate surface area is 193 Å². The molecule has 4 rings (SSSR count). The van der Waals surface area contributed by atoms with Gasteiger partial charge in [0.05, 0.1) is 37.7 Å². The summed E-state index contributed by atoms with van der Waals surface area (Å²) in [6.45, 7) is 1.19. The van der Waals surface area contributed by atoms with Crippen LogP contribution in [0.2, 0.25) is 0 Å². The lowest BCUT2D eigenvalue weighted by Gasteiger charge is -2.14. The van der Waals surface area contributed by atoms with Crippen molar-refractivity contribution in [2.75, 3.05) is 19.5 Å². The maximum absolute atomic E-state index is 13.9. The summed E-state index contributed by atoms with van der Waals surface area (Å²) in [5, 5.41) is 3.38. The number of benzene rings is 1. The maximum atomic E-state index is 13.9. The third-order valence-corrected chi connectivity index (χ3v) is 6.07. The molecule has 1 N–H and O–H groups in total. The molecular formula is C24H22FN3O4S. The van der Waals surface area contributed by atoms with Gasteiger partial charge in [-0.2, -0.15) is 0 Å². The van der Waals surface area contributed by atoms with Crippen LogP contribution in [0.5, 0.6) is 0 Å². The van der Waals surface area contributed by atoms with Crippen molar-refractivity contribution in [2.24, 2.45) is 0 Å². The standard InChI is InChI=1S/C24H22FN3O4S/c1-28(14-17-7-5-11-32-17)13-16-9-10-18-21(22(24(30)31-2)33-23(18)26-16)27-20(29)12-15-6-3-4-8-19(15)25/h3-11H,12-14H2,1-2H3,(H,27,29). The minimum absolute atomic E-state index is 0.159. The Morgan fingerprint density at radius 3 is 2.70 bits per heavy atom. The molecule has 0 unspecified atom stereocenters. The van der Waals surface area contributed by atoms with Crippen molar-refractivity contribution in [2.45, 2.75) is 19.5 Å². The summed E-state index contributed by atoms with van der Waals surface area (Å²) in [5.41, 5.74) is 1.40. The molecule has 0 spiro atoms. The smallest absolute Gasteiger partial charge is 0.350 e. The molecule has 0 fully saturated rings. The number of thiophene rings is 1. The van der Waals surface area contributed by atoms with E-state index in [1.54, 1.807) is 24.5 Å². The first-order chi connectivity index (χ1) is 15.9. The van der Waals surface area contributed by atoms with Gasteiger partial charge in [-0.1, -0.05) is 18.2 Å². The summed E-state index contributed by atoms with van der Waals surface area (Å²) in [5.74, 6) is -0.619. The maximum Gasteiger partial charge on any atom is 0.350 e. The Morgan fingerprint density at radius 2 is 1.97 bits per heavy atom. The summed E-state index contributed by atoms with van der Waals surface area (Å²) in [6, 6.07) is 13.5. The highest BCUT2D eigenvalue weighted by Gasteiger charge is 2.22.